The van der Waals surface area contributed by atoms with Gasteiger partial charge in [-0.1, -0.05) is 82.4 Å². The molecule has 0 spiro atoms. The summed E-state index contributed by atoms with van der Waals surface area (Å²) in [5.41, 5.74) is 2.42. The van der Waals surface area contributed by atoms with E-state index in [1.165, 1.54) is 51.0 Å². The Labute approximate surface area is 197 Å². The normalized spacial score (nSPS) is 12.8. The minimum Gasteiger partial charge on any atom is -0.462 e. The predicted octanol–water partition coefficient (Wildman–Crippen LogP) is 6.87. The summed E-state index contributed by atoms with van der Waals surface area (Å²) in [6, 6.07) is 11.8. The topological polar surface area (TPSA) is 63.7 Å². The number of aryl methyl sites for hydroxylation is 1. The van der Waals surface area contributed by atoms with Gasteiger partial charge in [-0.05, 0) is 43.7 Å². The van der Waals surface area contributed by atoms with Crippen LogP contribution in [0.5, 0.6) is 0 Å². The van der Waals surface area contributed by atoms with E-state index in [2.05, 4.69) is 6.92 Å². The highest BCUT2D eigenvalue weighted by molar-refractivity contribution is 6.34. The molecule has 0 fully saturated rings. The van der Waals surface area contributed by atoms with E-state index in [1.54, 1.807) is 24.3 Å². The number of rotatable bonds is 13. The summed E-state index contributed by atoms with van der Waals surface area (Å²) in [6.07, 6.45) is 12.2. The third-order valence-corrected chi connectivity index (χ3v) is 6.15. The molecule has 2 aromatic rings. The number of imide groups is 1. The van der Waals surface area contributed by atoms with Crippen molar-refractivity contribution in [3.05, 3.63) is 64.7 Å². The second kappa shape index (κ2) is 12.3. The molecule has 0 saturated carbocycles. The van der Waals surface area contributed by atoms with Crippen LogP contribution in [0.15, 0.2) is 42.5 Å². The molecule has 2 aromatic carbocycles. The average Bonchev–Trinajstić information content (AvgIpc) is 3.07. The van der Waals surface area contributed by atoms with E-state index < -0.39 is 11.9 Å². The minimum atomic E-state index is -0.456. The van der Waals surface area contributed by atoms with Gasteiger partial charge in [0, 0.05) is 0 Å². The molecule has 33 heavy (non-hydrogen) atoms. The lowest BCUT2D eigenvalue weighted by molar-refractivity contribution is 0.0497. The molecule has 1 heterocycles. The monoisotopic (exact) mass is 449 g/mol. The van der Waals surface area contributed by atoms with Crippen LogP contribution in [0.4, 0.5) is 5.69 Å². The fourth-order valence-corrected chi connectivity index (χ4v) is 4.13. The molecule has 5 nitrogen and oxygen atoms in total. The van der Waals surface area contributed by atoms with Gasteiger partial charge in [-0.2, -0.15) is 0 Å². The SMILES string of the molecule is CCCCCCCCCCCCOC(=O)c1ccc2c(c1)C(=O)N(c1ccc(C)cc1)C2=O. The molecule has 1 aliphatic heterocycles. The molecule has 0 aliphatic carbocycles. The minimum absolute atomic E-state index is 0.244. The number of unbranched alkanes of at least 4 members (excludes halogenated alkanes) is 9. The van der Waals surface area contributed by atoms with Crippen LogP contribution >= 0.6 is 0 Å². The third kappa shape index (κ3) is 6.53. The predicted molar refractivity (Wildman–Crippen MR) is 131 cm³/mol. The van der Waals surface area contributed by atoms with Crippen LogP contribution in [0.25, 0.3) is 0 Å². The number of nitrogens with zero attached hydrogens (tertiary/aromatic N) is 1. The van der Waals surface area contributed by atoms with Gasteiger partial charge in [-0.15, -0.1) is 0 Å². The third-order valence-electron chi connectivity index (χ3n) is 6.15. The zero-order valence-corrected chi connectivity index (χ0v) is 19.9. The Morgan fingerprint density at radius 2 is 1.33 bits per heavy atom. The van der Waals surface area contributed by atoms with Crippen molar-refractivity contribution in [1.29, 1.82) is 0 Å². The van der Waals surface area contributed by atoms with Gasteiger partial charge >= 0.3 is 5.97 Å². The van der Waals surface area contributed by atoms with Gasteiger partial charge in [0.25, 0.3) is 11.8 Å². The van der Waals surface area contributed by atoms with Crippen molar-refractivity contribution < 1.29 is 19.1 Å². The largest absolute Gasteiger partial charge is 0.462 e. The zero-order chi connectivity index (χ0) is 23.6. The van der Waals surface area contributed by atoms with Crippen LogP contribution in [0.2, 0.25) is 0 Å². The van der Waals surface area contributed by atoms with Gasteiger partial charge < -0.3 is 4.74 Å². The summed E-state index contributed by atoms with van der Waals surface area (Å²) in [5, 5.41) is 0. The van der Waals surface area contributed by atoms with Gasteiger partial charge in [0.2, 0.25) is 0 Å². The number of carbonyl (C=O) groups excluding carboxylic acids is 3. The summed E-state index contributed by atoms with van der Waals surface area (Å²) >= 11 is 0. The van der Waals surface area contributed by atoms with E-state index in [4.69, 9.17) is 4.74 Å². The summed E-state index contributed by atoms with van der Waals surface area (Å²) < 4.78 is 5.40. The maximum absolute atomic E-state index is 12.9. The van der Waals surface area contributed by atoms with Crippen molar-refractivity contribution in [2.24, 2.45) is 0 Å². The second-order valence-electron chi connectivity index (χ2n) is 8.86. The summed E-state index contributed by atoms with van der Waals surface area (Å²) in [7, 11) is 0. The Balaban J connectivity index is 1.44. The van der Waals surface area contributed by atoms with Crippen molar-refractivity contribution in [2.45, 2.75) is 78.1 Å². The molecule has 2 amide bonds. The lowest BCUT2D eigenvalue weighted by Crippen LogP contribution is -2.29. The molecule has 0 aromatic heterocycles. The van der Waals surface area contributed by atoms with Crippen LogP contribution in [0.3, 0.4) is 0 Å². The first-order valence-corrected chi connectivity index (χ1v) is 12.3. The number of fused-ring (bicyclic) bond motifs is 1. The number of hydrogen-bond acceptors (Lipinski definition) is 4. The van der Waals surface area contributed by atoms with E-state index in [1.807, 2.05) is 19.1 Å². The summed E-state index contributed by atoms with van der Waals surface area (Å²) in [6.45, 7) is 4.55. The molecule has 0 saturated heterocycles. The molecule has 5 heteroatoms. The second-order valence-corrected chi connectivity index (χ2v) is 8.86. The van der Waals surface area contributed by atoms with Gasteiger partial charge in [0.05, 0.1) is 29.0 Å². The lowest BCUT2D eigenvalue weighted by atomic mass is 10.1. The highest BCUT2D eigenvalue weighted by Gasteiger charge is 2.37. The maximum atomic E-state index is 12.9. The Bertz CT molecular complexity index is 964. The standard InChI is InChI=1S/C28H35NO4/c1-3-4-5-6-7-8-9-10-11-12-19-33-28(32)22-15-18-24-25(20-22)27(31)29(26(24)30)23-16-13-21(2)14-17-23/h13-18,20H,3-12,19H2,1-2H3. The molecule has 3 rings (SSSR count). The lowest BCUT2D eigenvalue weighted by Gasteiger charge is -2.13. The first-order chi connectivity index (χ1) is 16.0. The summed E-state index contributed by atoms with van der Waals surface area (Å²) in [4.78, 5) is 39.2. The number of esters is 1. The zero-order valence-electron chi connectivity index (χ0n) is 19.9. The van der Waals surface area contributed by atoms with Crippen molar-refractivity contribution in [3.8, 4) is 0 Å². The molecular weight excluding hydrogens is 414 g/mol. The van der Waals surface area contributed by atoms with E-state index in [0.29, 0.717) is 23.4 Å². The quantitative estimate of drug-likeness (QED) is 0.190. The number of hydrogen-bond donors (Lipinski definition) is 0. The van der Waals surface area contributed by atoms with Crippen LogP contribution in [0, 0.1) is 6.92 Å². The molecule has 1 aliphatic rings. The average molecular weight is 450 g/mol. The Morgan fingerprint density at radius 1 is 0.758 bits per heavy atom. The maximum Gasteiger partial charge on any atom is 0.338 e. The van der Waals surface area contributed by atoms with E-state index in [0.717, 1.165) is 29.7 Å². The Hall–Kier alpha value is -2.95. The number of carbonyl (C=O) groups is 3. The summed E-state index contributed by atoms with van der Waals surface area (Å²) in [5.74, 6) is -1.24. The number of anilines is 1. The first-order valence-electron chi connectivity index (χ1n) is 12.3. The van der Waals surface area contributed by atoms with Crippen LogP contribution in [0.1, 0.15) is 108 Å². The van der Waals surface area contributed by atoms with Gasteiger partial charge in [0.15, 0.2) is 0 Å². The molecule has 0 bridgehead atoms. The molecular formula is C28H35NO4. The van der Waals surface area contributed by atoms with Gasteiger partial charge in [-0.3, -0.25) is 9.59 Å². The first kappa shape index (κ1) is 24.7. The smallest absolute Gasteiger partial charge is 0.338 e. The molecule has 0 N–H and O–H groups in total. The number of ether oxygens (including phenoxy) is 1. The molecule has 0 atom stereocenters. The van der Waals surface area contributed by atoms with E-state index >= 15 is 0 Å². The van der Waals surface area contributed by atoms with E-state index in [-0.39, 0.29) is 11.5 Å². The fraction of sp³-hybridized carbons (Fsp3) is 0.464. The van der Waals surface area contributed by atoms with Crippen LogP contribution < -0.4 is 4.90 Å². The van der Waals surface area contributed by atoms with Crippen LogP contribution in [-0.4, -0.2) is 24.4 Å². The van der Waals surface area contributed by atoms with Crippen LogP contribution in [-0.2, 0) is 4.74 Å². The number of benzene rings is 2. The van der Waals surface area contributed by atoms with Crippen molar-refractivity contribution in [2.75, 3.05) is 11.5 Å². The highest BCUT2D eigenvalue weighted by atomic mass is 16.5. The molecule has 176 valence electrons. The Morgan fingerprint density at radius 3 is 1.97 bits per heavy atom. The highest BCUT2D eigenvalue weighted by Crippen LogP contribution is 2.29. The van der Waals surface area contributed by atoms with Gasteiger partial charge in [0.1, 0.15) is 0 Å². The van der Waals surface area contributed by atoms with Crippen molar-refractivity contribution in [3.63, 3.8) is 0 Å². The van der Waals surface area contributed by atoms with E-state index in [9.17, 15) is 14.4 Å². The number of amides is 2. The van der Waals surface area contributed by atoms with Gasteiger partial charge in [-0.25, -0.2) is 9.69 Å². The molecule has 0 unspecified atom stereocenters. The molecule has 0 radical (unpaired) electrons. The Kier molecular flexibility index (Phi) is 9.23. The van der Waals surface area contributed by atoms with Crippen molar-refractivity contribution in [1.82, 2.24) is 0 Å². The van der Waals surface area contributed by atoms with Crippen molar-refractivity contribution >= 4 is 23.5 Å². The fourth-order valence-electron chi connectivity index (χ4n) is 4.13.